The molecule has 1 fully saturated rings. The van der Waals surface area contributed by atoms with E-state index in [4.69, 9.17) is 9.47 Å². The molecular formula is C18H26N4O3. The maximum Gasteiger partial charge on any atom is 0.227 e. The van der Waals surface area contributed by atoms with Crippen LogP contribution in [-0.4, -0.2) is 60.7 Å². The Kier molecular flexibility index (Phi) is 4.96. The summed E-state index contributed by atoms with van der Waals surface area (Å²) in [5.74, 6) is 1.31. The van der Waals surface area contributed by atoms with E-state index in [2.05, 4.69) is 15.2 Å². The van der Waals surface area contributed by atoms with Crippen molar-refractivity contribution >= 4 is 11.4 Å². The molecular weight excluding hydrogens is 320 g/mol. The number of imidazole rings is 1. The fraction of sp³-hybridized carbons (Fsp3) is 0.556. The lowest BCUT2D eigenvalue weighted by Crippen LogP contribution is -2.47. The lowest BCUT2D eigenvalue weighted by atomic mass is 10.0. The Bertz CT molecular complexity index is 756. The second-order valence-electron chi connectivity index (χ2n) is 7.06. The molecule has 25 heavy (non-hydrogen) atoms. The van der Waals surface area contributed by atoms with E-state index in [-0.39, 0.29) is 11.8 Å². The fourth-order valence-electron chi connectivity index (χ4n) is 3.22. The zero-order chi connectivity index (χ0) is 18.0. The van der Waals surface area contributed by atoms with Crippen molar-refractivity contribution in [3.63, 3.8) is 0 Å². The van der Waals surface area contributed by atoms with Crippen LogP contribution in [0.25, 0.3) is 5.52 Å². The van der Waals surface area contributed by atoms with Gasteiger partial charge in [0.15, 0.2) is 0 Å². The molecule has 0 bridgehead atoms. The number of nitrogens with one attached hydrogen (secondary N) is 1. The molecule has 7 nitrogen and oxygen atoms in total. The average Bonchev–Trinajstić information content (AvgIpc) is 2.90. The van der Waals surface area contributed by atoms with Crippen molar-refractivity contribution in [2.75, 3.05) is 40.5 Å². The Labute approximate surface area is 147 Å². The first-order chi connectivity index (χ1) is 11.9. The van der Waals surface area contributed by atoms with Gasteiger partial charge in [-0.15, -0.1) is 0 Å². The van der Waals surface area contributed by atoms with E-state index in [0.717, 1.165) is 23.6 Å². The van der Waals surface area contributed by atoms with Crippen molar-refractivity contribution in [2.24, 2.45) is 5.92 Å². The number of carbonyl (C=O) groups is 1. The predicted octanol–water partition coefficient (Wildman–Crippen LogP) is 1.27. The molecule has 2 aromatic heterocycles. The first-order valence-electron chi connectivity index (χ1n) is 8.51. The molecule has 0 aliphatic carbocycles. The van der Waals surface area contributed by atoms with Crippen molar-refractivity contribution < 1.29 is 14.3 Å². The highest BCUT2D eigenvalue weighted by Gasteiger charge is 2.32. The van der Waals surface area contributed by atoms with Crippen molar-refractivity contribution in [1.82, 2.24) is 19.6 Å². The second kappa shape index (κ2) is 7.01. The lowest BCUT2D eigenvalue weighted by molar-refractivity contribution is -0.128. The Morgan fingerprint density at radius 3 is 3.04 bits per heavy atom. The number of methoxy groups -OCH3 is 1. The number of ether oxygens (including phenoxy) is 2. The zero-order valence-electron chi connectivity index (χ0n) is 15.3. The van der Waals surface area contributed by atoms with E-state index in [0.29, 0.717) is 19.8 Å². The fourth-order valence-corrected chi connectivity index (χ4v) is 3.22. The molecule has 3 heterocycles. The summed E-state index contributed by atoms with van der Waals surface area (Å²) in [7, 11) is 3.64. The number of hydrogen-bond acceptors (Lipinski definition) is 5. The van der Waals surface area contributed by atoms with Crippen LogP contribution < -0.4 is 10.1 Å². The molecule has 3 rings (SSSR count). The number of carbonyl (C=O) groups excluding carboxylic acids is 1. The Balaban J connectivity index is 1.83. The monoisotopic (exact) mass is 346 g/mol. The van der Waals surface area contributed by atoms with Crippen molar-refractivity contribution in [1.29, 1.82) is 0 Å². The standard InChI is InChI=1S/C18H26N4O3/c1-18(2,20-16(23)13-11-21(3)8-9-25-12-13)17-19-10-14-15(24-4)6-5-7-22(14)17/h5-7,10,13H,8-9,11-12H2,1-4H3,(H,20,23). The van der Waals surface area contributed by atoms with Crippen LogP contribution in [-0.2, 0) is 15.1 Å². The average molecular weight is 346 g/mol. The molecule has 0 spiro atoms. The highest BCUT2D eigenvalue weighted by Crippen LogP contribution is 2.26. The van der Waals surface area contributed by atoms with Crippen molar-refractivity contribution in [3.8, 4) is 5.75 Å². The third kappa shape index (κ3) is 3.62. The molecule has 1 unspecified atom stereocenters. The first-order valence-corrected chi connectivity index (χ1v) is 8.51. The summed E-state index contributed by atoms with van der Waals surface area (Å²) < 4.78 is 12.9. The molecule has 0 radical (unpaired) electrons. The largest absolute Gasteiger partial charge is 0.494 e. The molecule has 1 aliphatic rings. The van der Waals surface area contributed by atoms with Crippen molar-refractivity contribution in [2.45, 2.75) is 19.4 Å². The molecule has 0 saturated carbocycles. The van der Waals surface area contributed by atoms with Crippen LogP contribution in [0.2, 0.25) is 0 Å². The van der Waals surface area contributed by atoms with Gasteiger partial charge in [-0.05, 0) is 33.0 Å². The molecule has 1 aliphatic heterocycles. The van der Waals surface area contributed by atoms with Gasteiger partial charge in [-0.2, -0.15) is 0 Å². The second-order valence-corrected chi connectivity index (χ2v) is 7.06. The third-order valence-corrected chi connectivity index (χ3v) is 4.59. The van der Waals surface area contributed by atoms with Gasteiger partial charge < -0.3 is 19.7 Å². The summed E-state index contributed by atoms with van der Waals surface area (Å²) >= 11 is 0. The smallest absolute Gasteiger partial charge is 0.227 e. The van der Waals surface area contributed by atoms with Gasteiger partial charge in [0, 0.05) is 19.3 Å². The number of nitrogens with zero attached hydrogens (tertiary/aromatic N) is 3. The van der Waals surface area contributed by atoms with Gasteiger partial charge in [-0.25, -0.2) is 4.98 Å². The van der Waals surface area contributed by atoms with Crippen LogP contribution >= 0.6 is 0 Å². The summed E-state index contributed by atoms with van der Waals surface area (Å²) in [5.41, 5.74) is 0.251. The Morgan fingerprint density at radius 1 is 1.48 bits per heavy atom. The van der Waals surface area contributed by atoms with E-state index in [1.54, 1.807) is 13.3 Å². The molecule has 1 atom stereocenters. The number of fused-ring (bicyclic) bond motifs is 1. The van der Waals surface area contributed by atoms with E-state index < -0.39 is 5.54 Å². The number of rotatable bonds is 4. The number of amides is 1. The van der Waals surface area contributed by atoms with Gasteiger partial charge in [-0.3, -0.25) is 9.20 Å². The maximum absolute atomic E-state index is 12.8. The summed E-state index contributed by atoms with van der Waals surface area (Å²) in [6, 6.07) is 3.80. The SMILES string of the molecule is COc1cccn2c(C(C)(C)NC(=O)C3COCCN(C)C3)ncc12. The van der Waals surface area contributed by atoms with Crippen LogP contribution in [0, 0.1) is 5.92 Å². The van der Waals surface area contributed by atoms with Crippen LogP contribution in [0.4, 0.5) is 0 Å². The molecule has 1 saturated heterocycles. The predicted molar refractivity (Wildman–Crippen MR) is 94.7 cm³/mol. The van der Waals surface area contributed by atoms with Crippen LogP contribution in [0.15, 0.2) is 24.5 Å². The molecule has 7 heteroatoms. The van der Waals surface area contributed by atoms with Gasteiger partial charge in [0.05, 0.1) is 38.0 Å². The topological polar surface area (TPSA) is 68.1 Å². The van der Waals surface area contributed by atoms with Gasteiger partial charge in [0.2, 0.25) is 5.91 Å². The number of hydrogen-bond donors (Lipinski definition) is 1. The van der Waals surface area contributed by atoms with E-state index in [9.17, 15) is 4.79 Å². The normalized spacial score (nSPS) is 19.6. The number of aromatic nitrogens is 2. The maximum atomic E-state index is 12.8. The quantitative estimate of drug-likeness (QED) is 0.903. The number of pyridine rings is 1. The van der Waals surface area contributed by atoms with Gasteiger partial charge in [-0.1, -0.05) is 0 Å². The van der Waals surface area contributed by atoms with Gasteiger partial charge >= 0.3 is 0 Å². The molecule has 136 valence electrons. The molecule has 1 amide bonds. The summed E-state index contributed by atoms with van der Waals surface area (Å²) in [6.07, 6.45) is 3.70. The van der Waals surface area contributed by atoms with Gasteiger partial charge in [0.1, 0.15) is 17.1 Å². The Hall–Kier alpha value is -2.12. The molecule has 1 N–H and O–H groups in total. The highest BCUT2D eigenvalue weighted by molar-refractivity contribution is 5.80. The summed E-state index contributed by atoms with van der Waals surface area (Å²) in [4.78, 5) is 19.4. The third-order valence-electron chi connectivity index (χ3n) is 4.59. The Morgan fingerprint density at radius 2 is 2.28 bits per heavy atom. The highest BCUT2D eigenvalue weighted by atomic mass is 16.5. The van der Waals surface area contributed by atoms with Crippen molar-refractivity contribution in [3.05, 3.63) is 30.4 Å². The minimum Gasteiger partial charge on any atom is -0.494 e. The minimum atomic E-state index is -0.624. The minimum absolute atomic E-state index is 0.0154. The van der Waals surface area contributed by atoms with E-state index in [1.807, 2.05) is 43.6 Å². The first kappa shape index (κ1) is 17.7. The molecule has 2 aromatic rings. The van der Waals surface area contributed by atoms with Crippen LogP contribution in [0.3, 0.4) is 0 Å². The molecule has 0 aromatic carbocycles. The summed E-state index contributed by atoms with van der Waals surface area (Å²) in [5, 5.41) is 3.14. The van der Waals surface area contributed by atoms with Crippen LogP contribution in [0.1, 0.15) is 19.7 Å². The number of likely N-dealkylation sites (N-methyl/N-ethyl adjacent to an activating group) is 1. The van der Waals surface area contributed by atoms with Gasteiger partial charge in [0.25, 0.3) is 0 Å². The lowest BCUT2D eigenvalue weighted by Gasteiger charge is -2.28. The zero-order valence-corrected chi connectivity index (χ0v) is 15.3. The van der Waals surface area contributed by atoms with E-state index >= 15 is 0 Å². The van der Waals surface area contributed by atoms with Crippen LogP contribution in [0.5, 0.6) is 5.75 Å². The van der Waals surface area contributed by atoms with E-state index in [1.165, 1.54) is 0 Å². The summed E-state index contributed by atoms with van der Waals surface area (Å²) in [6.45, 7) is 6.56.